The van der Waals surface area contributed by atoms with Crippen LogP contribution in [0.1, 0.15) is 33.1 Å². The minimum Gasteiger partial charge on any atom is -0.393 e. The number of hydrogen-bond donors (Lipinski definition) is 1. The predicted octanol–water partition coefficient (Wildman–Crippen LogP) is 3.60. The Labute approximate surface area is 119 Å². The normalized spacial score (nSPS) is 12.6. The van der Waals surface area contributed by atoms with Crippen molar-refractivity contribution < 1.29 is 5.11 Å². The van der Waals surface area contributed by atoms with Gasteiger partial charge in [0.05, 0.1) is 16.8 Å². The molecule has 0 fully saturated rings. The van der Waals surface area contributed by atoms with Crippen molar-refractivity contribution in [2.24, 2.45) is 0 Å². The molecule has 19 heavy (non-hydrogen) atoms. The zero-order valence-electron chi connectivity index (χ0n) is 11.8. The van der Waals surface area contributed by atoms with Gasteiger partial charge in [-0.25, -0.2) is 4.98 Å². The van der Waals surface area contributed by atoms with Crippen LogP contribution in [0, 0.1) is 20.8 Å². The lowest BCUT2D eigenvalue weighted by Gasteiger charge is -2.09. The van der Waals surface area contributed by atoms with E-state index in [2.05, 4.69) is 43.1 Å². The molecule has 2 nitrogen and oxygen atoms in total. The summed E-state index contributed by atoms with van der Waals surface area (Å²) in [6.45, 7) is 6.20. The van der Waals surface area contributed by atoms with Gasteiger partial charge in [-0.1, -0.05) is 29.8 Å². The van der Waals surface area contributed by atoms with Crippen LogP contribution in [0.15, 0.2) is 24.3 Å². The molecule has 0 radical (unpaired) electrons. The fourth-order valence-corrected chi connectivity index (χ4v) is 3.14. The maximum absolute atomic E-state index is 10.1. The number of thiazole rings is 1. The van der Waals surface area contributed by atoms with Gasteiger partial charge in [-0.15, -0.1) is 11.3 Å². The molecule has 0 spiro atoms. The molecule has 1 unspecified atom stereocenters. The summed E-state index contributed by atoms with van der Waals surface area (Å²) in [5, 5.41) is 11.1. The summed E-state index contributed by atoms with van der Waals surface area (Å²) >= 11 is 1.70. The number of benzene rings is 1. The number of hydrogen-bond acceptors (Lipinski definition) is 3. The van der Waals surface area contributed by atoms with Crippen LogP contribution >= 0.6 is 11.3 Å². The SMILES string of the molecule is Cc1cccc(CCC(O)Cc2nc(C)c(C)s2)c1. The first-order valence-corrected chi connectivity index (χ1v) is 7.53. The lowest BCUT2D eigenvalue weighted by molar-refractivity contribution is 0.165. The van der Waals surface area contributed by atoms with Gasteiger partial charge >= 0.3 is 0 Å². The first kappa shape index (κ1) is 14.2. The van der Waals surface area contributed by atoms with E-state index in [1.165, 1.54) is 16.0 Å². The first-order valence-electron chi connectivity index (χ1n) is 6.71. The minimum atomic E-state index is -0.300. The number of aryl methyl sites for hydroxylation is 4. The van der Waals surface area contributed by atoms with Gasteiger partial charge in [0.25, 0.3) is 0 Å². The summed E-state index contributed by atoms with van der Waals surface area (Å²) in [4.78, 5) is 5.73. The summed E-state index contributed by atoms with van der Waals surface area (Å²) in [5.41, 5.74) is 3.66. The smallest absolute Gasteiger partial charge is 0.0956 e. The van der Waals surface area contributed by atoms with Crippen LogP contribution in [-0.2, 0) is 12.8 Å². The predicted molar refractivity (Wildman–Crippen MR) is 80.8 cm³/mol. The molecule has 3 heteroatoms. The number of aromatic nitrogens is 1. The molecule has 1 aromatic carbocycles. The van der Waals surface area contributed by atoms with Crippen LogP contribution in [0.25, 0.3) is 0 Å². The Kier molecular flexibility index (Phi) is 4.72. The molecule has 2 rings (SSSR count). The Morgan fingerprint density at radius 1 is 1.26 bits per heavy atom. The van der Waals surface area contributed by atoms with Crippen molar-refractivity contribution in [2.75, 3.05) is 0 Å². The Balaban J connectivity index is 1.86. The van der Waals surface area contributed by atoms with Crippen molar-refractivity contribution in [3.63, 3.8) is 0 Å². The molecule has 1 atom stereocenters. The fourth-order valence-electron chi connectivity index (χ4n) is 2.13. The van der Waals surface area contributed by atoms with Crippen LogP contribution in [0.2, 0.25) is 0 Å². The van der Waals surface area contributed by atoms with Crippen LogP contribution in [0.3, 0.4) is 0 Å². The Morgan fingerprint density at radius 2 is 2.05 bits per heavy atom. The van der Waals surface area contributed by atoms with E-state index >= 15 is 0 Å². The summed E-state index contributed by atoms with van der Waals surface area (Å²) in [6, 6.07) is 8.48. The topological polar surface area (TPSA) is 33.1 Å². The van der Waals surface area contributed by atoms with E-state index in [0.29, 0.717) is 6.42 Å². The van der Waals surface area contributed by atoms with E-state index in [1.54, 1.807) is 11.3 Å². The van der Waals surface area contributed by atoms with E-state index in [-0.39, 0.29) is 6.10 Å². The highest BCUT2D eigenvalue weighted by Gasteiger charge is 2.10. The molecule has 0 saturated carbocycles. The molecule has 1 N–H and O–H groups in total. The van der Waals surface area contributed by atoms with Gasteiger partial charge in [-0.05, 0) is 39.2 Å². The average Bonchev–Trinajstić information content (AvgIpc) is 2.66. The molecule has 0 saturated heterocycles. The van der Waals surface area contributed by atoms with Gasteiger partial charge in [0, 0.05) is 11.3 Å². The highest BCUT2D eigenvalue weighted by atomic mass is 32.1. The van der Waals surface area contributed by atoms with Crippen LogP contribution in [0.5, 0.6) is 0 Å². The highest BCUT2D eigenvalue weighted by Crippen LogP contribution is 2.19. The average molecular weight is 275 g/mol. The van der Waals surface area contributed by atoms with Crippen molar-refractivity contribution in [3.8, 4) is 0 Å². The monoisotopic (exact) mass is 275 g/mol. The minimum absolute atomic E-state index is 0.300. The quantitative estimate of drug-likeness (QED) is 0.904. The lowest BCUT2D eigenvalue weighted by atomic mass is 10.0. The van der Waals surface area contributed by atoms with Crippen LogP contribution in [0.4, 0.5) is 0 Å². The third-order valence-corrected chi connectivity index (χ3v) is 4.43. The summed E-state index contributed by atoms with van der Waals surface area (Å²) in [6.07, 6.45) is 2.09. The van der Waals surface area contributed by atoms with E-state index < -0.39 is 0 Å². The molecule has 1 aromatic heterocycles. The summed E-state index contributed by atoms with van der Waals surface area (Å²) in [5.74, 6) is 0. The molecule has 0 aliphatic heterocycles. The molecular formula is C16H21NOS. The largest absolute Gasteiger partial charge is 0.393 e. The van der Waals surface area contributed by atoms with Crippen molar-refractivity contribution >= 4 is 11.3 Å². The molecule has 0 aliphatic rings. The lowest BCUT2D eigenvalue weighted by Crippen LogP contribution is -2.11. The Hall–Kier alpha value is -1.19. The van der Waals surface area contributed by atoms with E-state index in [0.717, 1.165) is 23.5 Å². The van der Waals surface area contributed by atoms with Gasteiger partial charge in [-0.3, -0.25) is 0 Å². The molecule has 0 aliphatic carbocycles. The Bertz CT molecular complexity index is 528. The molecule has 0 bridgehead atoms. The van der Waals surface area contributed by atoms with Crippen LogP contribution < -0.4 is 0 Å². The molecule has 102 valence electrons. The highest BCUT2D eigenvalue weighted by molar-refractivity contribution is 7.11. The van der Waals surface area contributed by atoms with Crippen molar-refractivity contribution in [1.29, 1.82) is 0 Å². The third-order valence-electron chi connectivity index (χ3n) is 3.33. The van der Waals surface area contributed by atoms with E-state index in [1.807, 2.05) is 6.92 Å². The maximum Gasteiger partial charge on any atom is 0.0956 e. The van der Waals surface area contributed by atoms with Gasteiger partial charge in [0.2, 0.25) is 0 Å². The molecule has 0 amide bonds. The van der Waals surface area contributed by atoms with E-state index in [4.69, 9.17) is 0 Å². The van der Waals surface area contributed by atoms with E-state index in [9.17, 15) is 5.11 Å². The van der Waals surface area contributed by atoms with Crippen molar-refractivity contribution in [2.45, 2.75) is 46.1 Å². The standard InChI is InChI=1S/C16H21NOS/c1-11-5-4-6-14(9-11)7-8-15(18)10-16-17-12(2)13(3)19-16/h4-6,9,15,18H,7-8,10H2,1-3H3. The maximum atomic E-state index is 10.1. The number of aliphatic hydroxyl groups is 1. The molecule has 2 aromatic rings. The molecule has 1 heterocycles. The zero-order chi connectivity index (χ0) is 13.8. The Morgan fingerprint density at radius 3 is 2.68 bits per heavy atom. The summed E-state index contributed by atoms with van der Waals surface area (Å²) in [7, 11) is 0. The molecular weight excluding hydrogens is 254 g/mol. The van der Waals surface area contributed by atoms with Gasteiger partial charge in [0.1, 0.15) is 0 Å². The van der Waals surface area contributed by atoms with Crippen molar-refractivity contribution in [1.82, 2.24) is 4.98 Å². The number of nitrogens with zero attached hydrogens (tertiary/aromatic N) is 1. The zero-order valence-corrected chi connectivity index (χ0v) is 12.6. The summed E-state index contributed by atoms with van der Waals surface area (Å²) < 4.78 is 0. The first-order chi connectivity index (χ1) is 9.04. The fraction of sp³-hybridized carbons (Fsp3) is 0.438. The van der Waals surface area contributed by atoms with Gasteiger partial charge < -0.3 is 5.11 Å². The third kappa shape index (κ3) is 4.15. The second-order valence-electron chi connectivity index (χ2n) is 5.13. The van der Waals surface area contributed by atoms with Crippen LogP contribution in [-0.4, -0.2) is 16.2 Å². The van der Waals surface area contributed by atoms with Gasteiger partial charge in [0.15, 0.2) is 0 Å². The van der Waals surface area contributed by atoms with Gasteiger partial charge in [-0.2, -0.15) is 0 Å². The number of rotatable bonds is 5. The second kappa shape index (κ2) is 6.31. The second-order valence-corrected chi connectivity index (χ2v) is 6.42. The number of aliphatic hydroxyl groups excluding tert-OH is 1. The van der Waals surface area contributed by atoms with Crippen molar-refractivity contribution in [3.05, 3.63) is 51.0 Å².